The highest BCUT2D eigenvalue weighted by Gasteiger charge is 2.32. The summed E-state index contributed by atoms with van der Waals surface area (Å²) in [5, 5.41) is 5.52. The Balaban J connectivity index is 1.85. The monoisotopic (exact) mass is 359 g/mol. The first-order valence-corrected chi connectivity index (χ1v) is 9.10. The molecule has 26 heavy (non-hydrogen) atoms. The van der Waals surface area contributed by atoms with E-state index in [9.17, 15) is 14.4 Å². The summed E-state index contributed by atoms with van der Waals surface area (Å²) < 4.78 is 0. The Bertz CT molecular complexity index is 654. The fourth-order valence-corrected chi connectivity index (χ4v) is 3.04. The maximum Gasteiger partial charge on any atom is 0.227 e. The molecule has 0 spiro atoms. The maximum atomic E-state index is 12.5. The van der Waals surface area contributed by atoms with Gasteiger partial charge in [-0.15, -0.1) is 0 Å². The van der Waals surface area contributed by atoms with Gasteiger partial charge >= 0.3 is 0 Å². The molecule has 6 heteroatoms. The van der Waals surface area contributed by atoms with Gasteiger partial charge in [-0.3, -0.25) is 14.4 Å². The number of likely N-dealkylation sites (tertiary alicyclic amines) is 1. The van der Waals surface area contributed by atoms with Crippen molar-refractivity contribution in [2.24, 2.45) is 11.3 Å². The van der Waals surface area contributed by atoms with Crippen LogP contribution in [0.1, 0.15) is 39.2 Å². The van der Waals surface area contributed by atoms with Crippen molar-refractivity contribution in [1.82, 2.24) is 10.2 Å². The maximum absolute atomic E-state index is 12.5. The van der Waals surface area contributed by atoms with Crippen molar-refractivity contribution in [1.29, 1.82) is 0 Å². The van der Waals surface area contributed by atoms with Crippen molar-refractivity contribution in [3.8, 4) is 0 Å². The minimum atomic E-state index is -0.383. The van der Waals surface area contributed by atoms with Gasteiger partial charge in [0.25, 0.3) is 0 Å². The molecule has 0 unspecified atom stereocenters. The smallest absolute Gasteiger partial charge is 0.227 e. The number of anilines is 1. The predicted molar refractivity (Wildman–Crippen MR) is 102 cm³/mol. The van der Waals surface area contributed by atoms with Crippen LogP contribution in [0.3, 0.4) is 0 Å². The van der Waals surface area contributed by atoms with Crippen molar-refractivity contribution < 1.29 is 14.4 Å². The molecule has 3 amide bonds. The van der Waals surface area contributed by atoms with Gasteiger partial charge in [0.05, 0.1) is 6.42 Å². The summed E-state index contributed by atoms with van der Waals surface area (Å²) in [6.45, 7) is 7.00. The number of likely N-dealkylation sites (N-methyl/N-ethyl adjacent to an activating group) is 1. The molecule has 1 aliphatic rings. The van der Waals surface area contributed by atoms with E-state index in [4.69, 9.17) is 0 Å². The van der Waals surface area contributed by atoms with Crippen LogP contribution in [0.25, 0.3) is 0 Å². The fourth-order valence-electron chi connectivity index (χ4n) is 3.04. The molecule has 142 valence electrons. The van der Waals surface area contributed by atoms with Crippen LogP contribution in [0.4, 0.5) is 5.69 Å². The summed E-state index contributed by atoms with van der Waals surface area (Å²) in [5.74, 6) is 0.0119. The summed E-state index contributed by atoms with van der Waals surface area (Å²) in [5.41, 5.74) is 1.24. The molecule has 0 atom stereocenters. The van der Waals surface area contributed by atoms with Crippen LogP contribution in [0, 0.1) is 11.3 Å². The van der Waals surface area contributed by atoms with Gasteiger partial charge in [-0.25, -0.2) is 0 Å². The average molecular weight is 359 g/mol. The van der Waals surface area contributed by atoms with Crippen LogP contribution in [-0.2, 0) is 20.8 Å². The Hall–Kier alpha value is -2.37. The van der Waals surface area contributed by atoms with Crippen LogP contribution in [0.2, 0.25) is 0 Å². The third-order valence-corrected chi connectivity index (χ3v) is 4.66. The van der Waals surface area contributed by atoms with E-state index in [-0.39, 0.29) is 29.1 Å². The summed E-state index contributed by atoms with van der Waals surface area (Å²) >= 11 is 0. The number of hydrogen-bond acceptors (Lipinski definition) is 3. The summed E-state index contributed by atoms with van der Waals surface area (Å²) in [4.78, 5) is 38.0. The first-order chi connectivity index (χ1) is 12.2. The zero-order valence-electron chi connectivity index (χ0n) is 16.1. The third kappa shape index (κ3) is 5.31. The van der Waals surface area contributed by atoms with E-state index in [0.29, 0.717) is 32.4 Å². The molecule has 0 aliphatic carbocycles. The van der Waals surface area contributed by atoms with Crippen LogP contribution >= 0.6 is 0 Å². The molecule has 0 bridgehead atoms. The Kier molecular flexibility index (Phi) is 6.40. The molecule has 6 nitrogen and oxygen atoms in total. The number of hydrogen-bond donors (Lipinski definition) is 2. The minimum Gasteiger partial charge on any atom is -0.359 e. The molecular formula is C20H29N3O3. The van der Waals surface area contributed by atoms with Gasteiger partial charge in [-0.1, -0.05) is 32.9 Å². The normalized spacial score (nSPS) is 15.5. The minimum absolute atomic E-state index is 0.00749. The topological polar surface area (TPSA) is 78.5 Å². The second-order valence-corrected chi connectivity index (χ2v) is 7.85. The van der Waals surface area contributed by atoms with Crippen molar-refractivity contribution in [2.45, 2.75) is 40.0 Å². The number of carbonyl (C=O) groups excluding carboxylic acids is 3. The van der Waals surface area contributed by atoms with E-state index in [2.05, 4.69) is 10.6 Å². The Morgan fingerprint density at radius 2 is 1.65 bits per heavy atom. The van der Waals surface area contributed by atoms with Crippen LogP contribution in [0.5, 0.6) is 0 Å². The number of benzene rings is 1. The highest BCUT2D eigenvalue weighted by molar-refractivity contribution is 5.93. The van der Waals surface area contributed by atoms with Gasteiger partial charge in [0.1, 0.15) is 0 Å². The molecule has 1 aromatic carbocycles. The van der Waals surface area contributed by atoms with Gasteiger partial charge < -0.3 is 15.5 Å². The molecule has 2 rings (SSSR count). The Labute approximate surface area is 155 Å². The fraction of sp³-hybridized carbons (Fsp3) is 0.550. The number of amides is 3. The van der Waals surface area contributed by atoms with Gasteiger partial charge in [0.15, 0.2) is 0 Å². The lowest BCUT2D eigenvalue weighted by Gasteiger charge is -2.35. The van der Waals surface area contributed by atoms with Crippen molar-refractivity contribution in [3.05, 3.63) is 29.8 Å². The van der Waals surface area contributed by atoms with E-state index < -0.39 is 0 Å². The first kappa shape index (κ1) is 19.9. The van der Waals surface area contributed by atoms with E-state index in [0.717, 1.165) is 11.3 Å². The van der Waals surface area contributed by atoms with E-state index in [1.807, 2.05) is 49.9 Å². The van der Waals surface area contributed by atoms with Crippen molar-refractivity contribution in [3.63, 3.8) is 0 Å². The largest absolute Gasteiger partial charge is 0.359 e. The lowest BCUT2D eigenvalue weighted by molar-refractivity contribution is -0.142. The average Bonchev–Trinajstić information content (AvgIpc) is 2.62. The number of nitrogens with zero attached hydrogens (tertiary/aromatic N) is 1. The quantitative estimate of drug-likeness (QED) is 0.865. The summed E-state index contributed by atoms with van der Waals surface area (Å²) in [6.07, 6.45) is 1.69. The first-order valence-electron chi connectivity index (χ1n) is 9.10. The molecule has 1 fully saturated rings. The standard InChI is InChI=1S/C20H29N3O3/c1-20(2,3)19(26)23-11-9-15(10-12-23)18(25)22-16-7-5-14(6-8-16)13-17(24)21-4/h5-8,15H,9-13H2,1-4H3,(H,21,24)(H,22,25). The molecule has 1 heterocycles. The number of rotatable bonds is 4. The number of nitrogens with one attached hydrogen (secondary N) is 2. The molecule has 1 saturated heterocycles. The predicted octanol–water partition coefficient (Wildman–Crippen LogP) is 2.20. The van der Waals surface area contributed by atoms with Gasteiger partial charge in [-0.2, -0.15) is 0 Å². The molecule has 0 radical (unpaired) electrons. The lowest BCUT2D eigenvalue weighted by Crippen LogP contribution is -2.45. The van der Waals surface area contributed by atoms with Gasteiger partial charge in [0, 0.05) is 37.2 Å². The number of carbonyl (C=O) groups is 3. The van der Waals surface area contributed by atoms with Crippen LogP contribution in [-0.4, -0.2) is 42.8 Å². The summed E-state index contributed by atoms with van der Waals surface area (Å²) in [7, 11) is 1.61. The highest BCUT2D eigenvalue weighted by atomic mass is 16.2. The molecular weight excluding hydrogens is 330 g/mol. The molecule has 1 aliphatic heterocycles. The molecule has 0 saturated carbocycles. The summed E-state index contributed by atoms with van der Waals surface area (Å²) in [6, 6.07) is 7.31. The second kappa shape index (κ2) is 8.34. The molecule has 0 aromatic heterocycles. The van der Waals surface area contributed by atoms with E-state index >= 15 is 0 Å². The van der Waals surface area contributed by atoms with Crippen LogP contribution in [0.15, 0.2) is 24.3 Å². The molecule has 2 N–H and O–H groups in total. The van der Waals surface area contributed by atoms with Crippen molar-refractivity contribution in [2.75, 3.05) is 25.5 Å². The Morgan fingerprint density at radius 1 is 1.08 bits per heavy atom. The molecule has 1 aromatic rings. The lowest BCUT2D eigenvalue weighted by atomic mass is 9.90. The Morgan fingerprint density at radius 3 is 2.15 bits per heavy atom. The number of piperidine rings is 1. The van der Waals surface area contributed by atoms with E-state index in [1.165, 1.54) is 0 Å². The zero-order chi connectivity index (χ0) is 19.3. The van der Waals surface area contributed by atoms with Gasteiger partial charge in [-0.05, 0) is 30.5 Å². The van der Waals surface area contributed by atoms with Crippen molar-refractivity contribution >= 4 is 23.4 Å². The second-order valence-electron chi connectivity index (χ2n) is 7.85. The zero-order valence-corrected chi connectivity index (χ0v) is 16.1. The highest BCUT2D eigenvalue weighted by Crippen LogP contribution is 2.24. The SMILES string of the molecule is CNC(=O)Cc1ccc(NC(=O)C2CCN(C(=O)C(C)(C)C)CC2)cc1. The van der Waals surface area contributed by atoms with E-state index in [1.54, 1.807) is 7.05 Å². The van der Waals surface area contributed by atoms with Gasteiger partial charge in [0.2, 0.25) is 17.7 Å². The third-order valence-electron chi connectivity index (χ3n) is 4.66. The van der Waals surface area contributed by atoms with Crippen LogP contribution < -0.4 is 10.6 Å².